The SMILES string of the molecule is CN=C(NCCN1CCCCC1)NCc1ccc(Oc2ccc(OC)cc2)nc1. The Morgan fingerprint density at radius 2 is 1.79 bits per heavy atom. The number of aliphatic imine (C=N–C) groups is 1. The van der Waals surface area contributed by atoms with E-state index in [1.54, 1.807) is 14.2 Å². The third-order valence-corrected chi connectivity index (χ3v) is 4.93. The Labute approximate surface area is 173 Å². The van der Waals surface area contributed by atoms with Gasteiger partial charge in [0.1, 0.15) is 11.5 Å². The van der Waals surface area contributed by atoms with Crippen LogP contribution in [0.15, 0.2) is 47.6 Å². The highest BCUT2D eigenvalue weighted by molar-refractivity contribution is 5.79. The van der Waals surface area contributed by atoms with Gasteiger partial charge in [0.05, 0.1) is 7.11 Å². The second-order valence-corrected chi connectivity index (χ2v) is 7.04. The molecule has 0 unspecified atom stereocenters. The van der Waals surface area contributed by atoms with Crippen LogP contribution in [0.2, 0.25) is 0 Å². The van der Waals surface area contributed by atoms with E-state index in [2.05, 4.69) is 25.5 Å². The first-order valence-electron chi connectivity index (χ1n) is 10.2. The fraction of sp³-hybridized carbons (Fsp3) is 0.455. The Bertz CT molecular complexity index is 756. The van der Waals surface area contributed by atoms with Crippen LogP contribution in [0.4, 0.5) is 0 Å². The number of likely N-dealkylation sites (tertiary alicyclic amines) is 1. The van der Waals surface area contributed by atoms with Crippen LogP contribution in [-0.4, -0.2) is 56.2 Å². The molecule has 0 atom stereocenters. The van der Waals surface area contributed by atoms with Gasteiger partial charge in [0.2, 0.25) is 5.88 Å². The molecule has 156 valence electrons. The molecule has 2 N–H and O–H groups in total. The molecule has 3 rings (SSSR count). The van der Waals surface area contributed by atoms with Crippen molar-refractivity contribution in [2.75, 3.05) is 40.3 Å². The number of methoxy groups -OCH3 is 1. The van der Waals surface area contributed by atoms with Crippen LogP contribution in [0.1, 0.15) is 24.8 Å². The minimum atomic E-state index is 0.558. The van der Waals surface area contributed by atoms with E-state index in [-0.39, 0.29) is 0 Å². The number of hydrogen-bond acceptors (Lipinski definition) is 5. The number of guanidine groups is 1. The Hall–Kier alpha value is -2.80. The zero-order chi connectivity index (χ0) is 20.3. The van der Waals surface area contributed by atoms with Crippen molar-refractivity contribution >= 4 is 5.96 Å². The average molecular weight is 398 g/mol. The topological polar surface area (TPSA) is 71.0 Å². The third-order valence-electron chi connectivity index (χ3n) is 4.93. The first-order valence-corrected chi connectivity index (χ1v) is 10.2. The van der Waals surface area contributed by atoms with Crippen molar-refractivity contribution in [1.82, 2.24) is 20.5 Å². The number of aromatic nitrogens is 1. The van der Waals surface area contributed by atoms with Crippen LogP contribution in [0.5, 0.6) is 17.4 Å². The number of nitrogens with one attached hydrogen (secondary N) is 2. The van der Waals surface area contributed by atoms with Crippen LogP contribution >= 0.6 is 0 Å². The van der Waals surface area contributed by atoms with Gasteiger partial charge in [-0.05, 0) is 55.8 Å². The maximum absolute atomic E-state index is 5.76. The van der Waals surface area contributed by atoms with Gasteiger partial charge < -0.3 is 25.0 Å². The normalized spacial score (nSPS) is 15.0. The molecule has 1 aliphatic rings. The van der Waals surface area contributed by atoms with Gasteiger partial charge in [-0.2, -0.15) is 0 Å². The lowest BCUT2D eigenvalue weighted by Gasteiger charge is -2.26. The summed E-state index contributed by atoms with van der Waals surface area (Å²) in [5.41, 5.74) is 1.06. The van der Waals surface area contributed by atoms with E-state index in [0.717, 1.165) is 36.1 Å². The number of hydrogen-bond donors (Lipinski definition) is 2. The summed E-state index contributed by atoms with van der Waals surface area (Å²) < 4.78 is 10.9. The second-order valence-electron chi connectivity index (χ2n) is 7.04. The van der Waals surface area contributed by atoms with Gasteiger partial charge >= 0.3 is 0 Å². The number of pyridine rings is 1. The number of nitrogens with zero attached hydrogens (tertiary/aromatic N) is 3. The summed E-state index contributed by atoms with van der Waals surface area (Å²) in [5.74, 6) is 2.88. The molecule has 0 radical (unpaired) electrons. The summed E-state index contributed by atoms with van der Waals surface area (Å²) in [6.07, 6.45) is 5.81. The number of rotatable bonds is 8. The lowest BCUT2D eigenvalue weighted by Crippen LogP contribution is -2.42. The predicted molar refractivity (Wildman–Crippen MR) is 116 cm³/mol. The van der Waals surface area contributed by atoms with Crippen molar-refractivity contribution in [3.05, 3.63) is 48.2 Å². The minimum Gasteiger partial charge on any atom is -0.497 e. The van der Waals surface area contributed by atoms with E-state index in [9.17, 15) is 0 Å². The molecule has 7 nitrogen and oxygen atoms in total. The molecular formula is C22H31N5O2. The molecule has 1 saturated heterocycles. The highest BCUT2D eigenvalue weighted by Gasteiger charge is 2.09. The molecule has 0 aliphatic carbocycles. The highest BCUT2D eigenvalue weighted by Crippen LogP contribution is 2.22. The molecule has 1 fully saturated rings. The first kappa shape index (κ1) is 20.9. The Morgan fingerprint density at radius 1 is 1.03 bits per heavy atom. The molecule has 2 aromatic rings. The zero-order valence-corrected chi connectivity index (χ0v) is 17.4. The Kier molecular flexibility index (Phi) is 8.12. The molecule has 29 heavy (non-hydrogen) atoms. The molecule has 0 spiro atoms. The van der Waals surface area contributed by atoms with E-state index in [1.807, 2.05) is 42.6 Å². The highest BCUT2D eigenvalue weighted by atomic mass is 16.5. The maximum atomic E-state index is 5.76. The predicted octanol–water partition coefficient (Wildman–Crippen LogP) is 3.03. The van der Waals surface area contributed by atoms with Crippen LogP contribution in [-0.2, 0) is 6.54 Å². The van der Waals surface area contributed by atoms with Crippen LogP contribution in [0.3, 0.4) is 0 Å². The molecule has 1 aromatic carbocycles. The molecule has 2 heterocycles. The molecule has 7 heteroatoms. The lowest BCUT2D eigenvalue weighted by atomic mass is 10.1. The summed E-state index contributed by atoms with van der Waals surface area (Å²) >= 11 is 0. The van der Waals surface area contributed by atoms with Crippen LogP contribution in [0, 0.1) is 0 Å². The molecule has 0 amide bonds. The van der Waals surface area contributed by atoms with Crippen molar-refractivity contribution in [3.8, 4) is 17.4 Å². The summed E-state index contributed by atoms with van der Waals surface area (Å²) in [6.45, 7) is 5.03. The van der Waals surface area contributed by atoms with Crippen molar-refractivity contribution < 1.29 is 9.47 Å². The molecular weight excluding hydrogens is 366 g/mol. The van der Waals surface area contributed by atoms with E-state index in [1.165, 1.54) is 32.4 Å². The minimum absolute atomic E-state index is 0.558. The Balaban J connectivity index is 1.41. The van der Waals surface area contributed by atoms with Crippen molar-refractivity contribution in [1.29, 1.82) is 0 Å². The average Bonchev–Trinajstić information content (AvgIpc) is 2.78. The molecule has 1 aliphatic heterocycles. The van der Waals surface area contributed by atoms with Gasteiger partial charge in [-0.3, -0.25) is 4.99 Å². The Morgan fingerprint density at radius 3 is 2.45 bits per heavy atom. The largest absolute Gasteiger partial charge is 0.497 e. The van der Waals surface area contributed by atoms with Gasteiger partial charge in [0, 0.05) is 38.9 Å². The number of benzene rings is 1. The van der Waals surface area contributed by atoms with Crippen LogP contribution in [0.25, 0.3) is 0 Å². The maximum Gasteiger partial charge on any atom is 0.219 e. The molecule has 1 aromatic heterocycles. The standard InChI is InChI=1S/C22H31N5O2/c1-23-22(24-12-15-27-13-4-3-5-14-27)26-17-18-6-11-21(25-16-18)29-20-9-7-19(28-2)8-10-20/h6-11,16H,3-5,12-15,17H2,1-2H3,(H2,23,24,26). The summed E-state index contributed by atoms with van der Waals surface area (Å²) in [7, 11) is 3.43. The van der Waals surface area contributed by atoms with Crippen molar-refractivity contribution in [3.63, 3.8) is 0 Å². The zero-order valence-electron chi connectivity index (χ0n) is 17.4. The van der Waals surface area contributed by atoms with Crippen molar-refractivity contribution in [2.45, 2.75) is 25.8 Å². The number of ether oxygens (including phenoxy) is 2. The number of piperidine rings is 1. The van der Waals surface area contributed by atoms with Crippen molar-refractivity contribution in [2.24, 2.45) is 4.99 Å². The lowest BCUT2D eigenvalue weighted by molar-refractivity contribution is 0.232. The summed E-state index contributed by atoms with van der Waals surface area (Å²) in [4.78, 5) is 11.2. The first-order chi connectivity index (χ1) is 14.3. The van der Waals surface area contributed by atoms with E-state index >= 15 is 0 Å². The monoisotopic (exact) mass is 397 g/mol. The van der Waals surface area contributed by atoms with Gasteiger partial charge in [-0.25, -0.2) is 4.98 Å². The fourth-order valence-corrected chi connectivity index (χ4v) is 3.26. The van der Waals surface area contributed by atoms with Crippen LogP contribution < -0.4 is 20.1 Å². The van der Waals surface area contributed by atoms with E-state index in [4.69, 9.17) is 9.47 Å². The molecule has 0 bridgehead atoms. The fourth-order valence-electron chi connectivity index (χ4n) is 3.26. The summed E-state index contributed by atoms with van der Waals surface area (Å²) in [6, 6.07) is 11.3. The van der Waals surface area contributed by atoms with Gasteiger partial charge in [-0.1, -0.05) is 12.5 Å². The second kappa shape index (κ2) is 11.3. The third kappa shape index (κ3) is 6.94. The van der Waals surface area contributed by atoms with Gasteiger partial charge in [-0.15, -0.1) is 0 Å². The quantitative estimate of drug-likeness (QED) is 0.527. The smallest absolute Gasteiger partial charge is 0.219 e. The van der Waals surface area contributed by atoms with E-state index in [0.29, 0.717) is 12.4 Å². The van der Waals surface area contributed by atoms with Gasteiger partial charge in [0.15, 0.2) is 5.96 Å². The molecule has 0 saturated carbocycles. The summed E-state index contributed by atoms with van der Waals surface area (Å²) in [5, 5.41) is 6.71. The van der Waals surface area contributed by atoms with Gasteiger partial charge in [0.25, 0.3) is 0 Å². The van der Waals surface area contributed by atoms with E-state index < -0.39 is 0 Å².